The van der Waals surface area contributed by atoms with Gasteiger partial charge in [0.1, 0.15) is 0 Å². The number of thioether (sulfide) groups is 1. The zero-order chi connectivity index (χ0) is 14.8. The Morgan fingerprint density at radius 1 is 1.38 bits per heavy atom. The highest BCUT2D eigenvalue weighted by molar-refractivity contribution is 7.99. The lowest BCUT2D eigenvalue weighted by Gasteiger charge is -2.10. The molecule has 3 rings (SSSR count). The highest BCUT2D eigenvalue weighted by atomic mass is 32.2. The molecule has 114 valence electrons. The predicted molar refractivity (Wildman–Crippen MR) is 89.7 cm³/mol. The summed E-state index contributed by atoms with van der Waals surface area (Å²) in [4.78, 5) is 5.96. The average molecular weight is 323 g/mol. The molecule has 0 spiro atoms. The molecule has 0 aliphatic heterocycles. The van der Waals surface area contributed by atoms with Crippen molar-refractivity contribution in [3.63, 3.8) is 0 Å². The largest absolute Gasteiger partial charge is 0.390 e. The lowest BCUT2D eigenvalue weighted by molar-refractivity contribution is 0.425. The molecule has 2 N–H and O–H groups in total. The summed E-state index contributed by atoms with van der Waals surface area (Å²) in [5.41, 5.74) is 8.53. The van der Waals surface area contributed by atoms with Gasteiger partial charge in [0, 0.05) is 10.1 Å². The van der Waals surface area contributed by atoms with Crippen LogP contribution in [0.2, 0.25) is 0 Å². The van der Waals surface area contributed by atoms with E-state index in [4.69, 9.17) is 10.3 Å². The maximum Gasteiger partial charge on any atom is 0.261 e. The molecule has 1 unspecified atom stereocenters. The van der Waals surface area contributed by atoms with Crippen molar-refractivity contribution in [3.05, 3.63) is 16.3 Å². The molecule has 0 amide bonds. The number of rotatable bonds is 5. The Hall–Kier alpha value is -1.01. The second-order valence-corrected chi connectivity index (χ2v) is 8.06. The number of nitrogens with two attached hydrogens (primary N) is 1. The van der Waals surface area contributed by atoms with Crippen LogP contribution in [0.4, 0.5) is 5.00 Å². The lowest BCUT2D eigenvalue weighted by Crippen LogP contribution is -2.00. The monoisotopic (exact) mass is 323 g/mol. The van der Waals surface area contributed by atoms with Gasteiger partial charge in [0.05, 0.1) is 16.3 Å². The number of hydrogen-bond donors (Lipinski definition) is 1. The molecule has 0 radical (unpaired) electrons. The van der Waals surface area contributed by atoms with E-state index in [1.54, 1.807) is 11.3 Å². The summed E-state index contributed by atoms with van der Waals surface area (Å²) in [5, 5.41) is 5.55. The van der Waals surface area contributed by atoms with Crippen LogP contribution in [0.25, 0.3) is 11.5 Å². The molecule has 2 aromatic heterocycles. The van der Waals surface area contributed by atoms with Crippen LogP contribution >= 0.6 is 23.1 Å². The Kier molecular flexibility index (Phi) is 4.54. The number of fused-ring (bicyclic) bond motifs is 1. The van der Waals surface area contributed by atoms with Gasteiger partial charge in [0.15, 0.2) is 5.82 Å². The number of hydrogen-bond acceptors (Lipinski definition) is 6. The number of aromatic nitrogens is 2. The first-order valence-corrected chi connectivity index (χ1v) is 9.40. The van der Waals surface area contributed by atoms with E-state index in [0.29, 0.717) is 11.1 Å². The van der Waals surface area contributed by atoms with Crippen LogP contribution in [-0.2, 0) is 18.6 Å². The molecule has 21 heavy (non-hydrogen) atoms. The fourth-order valence-electron chi connectivity index (χ4n) is 2.57. The van der Waals surface area contributed by atoms with Gasteiger partial charge < -0.3 is 10.3 Å². The van der Waals surface area contributed by atoms with Gasteiger partial charge in [-0.25, -0.2) is 0 Å². The summed E-state index contributed by atoms with van der Waals surface area (Å²) >= 11 is 3.55. The molecule has 1 aliphatic carbocycles. The molecule has 2 heterocycles. The fourth-order valence-corrected chi connectivity index (χ4v) is 4.51. The van der Waals surface area contributed by atoms with Gasteiger partial charge in [0.25, 0.3) is 5.89 Å². The first-order chi connectivity index (χ1) is 10.2. The van der Waals surface area contributed by atoms with E-state index in [0.717, 1.165) is 41.4 Å². The fraction of sp³-hybridized carbons (Fsp3) is 0.600. The second-order valence-electron chi connectivity index (χ2n) is 5.50. The quantitative estimate of drug-likeness (QED) is 0.889. The van der Waals surface area contributed by atoms with Gasteiger partial charge in [-0.2, -0.15) is 16.7 Å². The van der Waals surface area contributed by atoms with Crippen molar-refractivity contribution < 1.29 is 4.52 Å². The first-order valence-electron chi connectivity index (χ1n) is 7.53. The molecule has 4 nitrogen and oxygen atoms in total. The number of anilines is 1. The van der Waals surface area contributed by atoms with Crippen LogP contribution in [0.1, 0.15) is 49.4 Å². The molecule has 0 fully saturated rings. The standard InChI is InChI=1S/C15H21N3OS2/c1-3-9(2)20-8-12-17-15(19-18-12)13-10-6-4-5-7-11(10)21-14(13)16/h9H,3-8,16H2,1-2H3. The Balaban J connectivity index is 1.82. The molecule has 0 saturated heterocycles. The van der Waals surface area contributed by atoms with E-state index in [1.165, 1.54) is 23.3 Å². The Morgan fingerprint density at radius 2 is 2.19 bits per heavy atom. The second kappa shape index (κ2) is 6.40. The van der Waals surface area contributed by atoms with Crippen molar-refractivity contribution >= 4 is 28.1 Å². The van der Waals surface area contributed by atoms with Gasteiger partial charge in [-0.05, 0) is 37.7 Å². The Bertz CT molecular complexity index is 620. The minimum atomic E-state index is 0.603. The SMILES string of the molecule is CCC(C)SCc1noc(-c2c(N)sc3c2CCCC3)n1. The summed E-state index contributed by atoms with van der Waals surface area (Å²) in [5.74, 6) is 2.17. The van der Waals surface area contributed by atoms with E-state index in [-0.39, 0.29) is 0 Å². The van der Waals surface area contributed by atoms with Crippen LogP contribution in [-0.4, -0.2) is 15.4 Å². The third-order valence-electron chi connectivity index (χ3n) is 3.95. The van der Waals surface area contributed by atoms with Crippen molar-refractivity contribution in [2.24, 2.45) is 0 Å². The molecular formula is C15H21N3OS2. The molecule has 0 bridgehead atoms. The van der Waals surface area contributed by atoms with Gasteiger partial charge in [0.2, 0.25) is 0 Å². The highest BCUT2D eigenvalue weighted by Gasteiger charge is 2.24. The van der Waals surface area contributed by atoms with Crippen LogP contribution < -0.4 is 5.73 Å². The minimum absolute atomic E-state index is 0.603. The molecule has 1 atom stereocenters. The van der Waals surface area contributed by atoms with Crippen molar-refractivity contribution in [3.8, 4) is 11.5 Å². The molecule has 0 saturated carbocycles. The summed E-state index contributed by atoms with van der Waals surface area (Å²) < 4.78 is 5.47. The summed E-state index contributed by atoms with van der Waals surface area (Å²) in [6, 6.07) is 0. The van der Waals surface area contributed by atoms with Crippen LogP contribution in [0, 0.1) is 0 Å². The van der Waals surface area contributed by atoms with Crippen LogP contribution in [0.5, 0.6) is 0 Å². The van der Waals surface area contributed by atoms with Crippen molar-refractivity contribution in [1.82, 2.24) is 10.1 Å². The predicted octanol–water partition coefficient (Wildman–Crippen LogP) is 4.29. The van der Waals surface area contributed by atoms with E-state index >= 15 is 0 Å². The Morgan fingerprint density at radius 3 is 3.00 bits per heavy atom. The topological polar surface area (TPSA) is 64.9 Å². The van der Waals surface area contributed by atoms with Crippen molar-refractivity contribution in [1.29, 1.82) is 0 Å². The van der Waals surface area contributed by atoms with Gasteiger partial charge in [-0.3, -0.25) is 0 Å². The van der Waals surface area contributed by atoms with E-state index < -0.39 is 0 Å². The summed E-state index contributed by atoms with van der Waals surface area (Å²) in [7, 11) is 0. The first kappa shape index (κ1) is 14.9. The van der Waals surface area contributed by atoms with E-state index in [9.17, 15) is 0 Å². The smallest absolute Gasteiger partial charge is 0.261 e. The van der Waals surface area contributed by atoms with E-state index in [2.05, 4.69) is 24.0 Å². The zero-order valence-corrected chi connectivity index (χ0v) is 14.1. The zero-order valence-electron chi connectivity index (χ0n) is 12.5. The van der Waals surface area contributed by atoms with Crippen LogP contribution in [0.3, 0.4) is 0 Å². The third-order valence-corrected chi connectivity index (χ3v) is 6.40. The van der Waals surface area contributed by atoms with Gasteiger partial charge in [-0.1, -0.05) is 19.0 Å². The normalized spacial score (nSPS) is 15.9. The van der Waals surface area contributed by atoms with Crippen LogP contribution in [0.15, 0.2) is 4.52 Å². The Labute approximate surface area is 133 Å². The number of nitrogen functional groups attached to an aromatic ring is 1. The highest BCUT2D eigenvalue weighted by Crippen LogP contribution is 2.41. The number of aryl methyl sites for hydroxylation is 1. The van der Waals surface area contributed by atoms with Crippen molar-refractivity contribution in [2.75, 3.05) is 5.73 Å². The number of nitrogens with zero attached hydrogens (tertiary/aromatic N) is 2. The average Bonchev–Trinajstić information content (AvgIpc) is 3.07. The summed E-state index contributed by atoms with van der Waals surface area (Å²) in [6.07, 6.45) is 5.85. The maximum absolute atomic E-state index is 6.19. The molecule has 1 aliphatic rings. The minimum Gasteiger partial charge on any atom is -0.390 e. The molecule has 0 aromatic carbocycles. The van der Waals surface area contributed by atoms with Gasteiger partial charge >= 0.3 is 0 Å². The van der Waals surface area contributed by atoms with Gasteiger partial charge in [-0.15, -0.1) is 11.3 Å². The maximum atomic E-state index is 6.19. The molecular weight excluding hydrogens is 302 g/mol. The number of thiophene rings is 1. The summed E-state index contributed by atoms with van der Waals surface area (Å²) in [6.45, 7) is 4.41. The lowest BCUT2D eigenvalue weighted by atomic mass is 9.95. The van der Waals surface area contributed by atoms with E-state index in [1.807, 2.05) is 11.8 Å². The van der Waals surface area contributed by atoms with Crippen molar-refractivity contribution in [2.45, 2.75) is 57.0 Å². The third kappa shape index (κ3) is 3.11. The molecule has 6 heteroatoms. The molecule has 2 aromatic rings.